The number of rotatable bonds is 4. The van der Waals surface area contributed by atoms with Crippen LogP contribution in [-0.2, 0) is 6.42 Å². The van der Waals surface area contributed by atoms with Crippen molar-refractivity contribution in [1.82, 2.24) is 0 Å². The highest BCUT2D eigenvalue weighted by Gasteiger charge is 2.12. The van der Waals surface area contributed by atoms with Crippen LogP contribution in [0.3, 0.4) is 0 Å². The van der Waals surface area contributed by atoms with Gasteiger partial charge in [-0.05, 0) is 41.0 Å². The molecule has 0 heterocycles. The highest BCUT2D eigenvalue weighted by Crippen LogP contribution is 2.21. The van der Waals surface area contributed by atoms with Crippen LogP contribution >= 0.6 is 0 Å². The van der Waals surface area contributed by atoms with Crippen molar-refractivity contribution in [1.29, 1.82) is 0 Å². The zero-order chi connectivity index (χ0) is 15.4. The van der Waals surface area contributed by atoms with Gasteiger partial charge in [0.25, 0.3) is 0 Å². The Morgan fingerprint density at radius 3 is 2.41 bits per heavy atom. The summed E-state index contributed by atoms with van der Waals surface area (Å²) in [5.41, 5.74) is 1.85. The highest BCUT2D eigenvalue weighted by molar-refractivity contribution is 6.05. The van der Waals surface area contributed by atoms with E-state index in [9.17, 15) is 4.79 Å². The Balaban J connectivity index is 1.84. The summed E-state index contributed by atoms with van der Waals surface area (Å²) in [4.78, 5) is 12.4. The van der Waals surface area contributed by atoms with Gasteiger partial charge in [-0.15, -0.1) is 0 Å². The van der Waals surface area contributed by atoms with Gasteiger partial charge in [-0.3, -0.25) is 0 Å². The molecule has 0 spiro atoms. The summed E-state index contributed by atoms with van der Waals surface area (Å²) in [6.07, 6.45) is 2.15. The molecule has 0 aromatic heterocycles. The Morgan fingerprint density at radius 2 is 1.64 bits per heavy atom. The van der Waals surface area contributed by atoms with Crippen molar-refractivity contribution in [2.75, 3.05) is 0 Å². The molecule has 0 amide bonds. The average molecular weight is 290 g/mol. The van der Waals surface area contributed by atoms with Crippen molar-refractivity contribution in [3.8, 4) is 5.75 Å². The van der Waals surface area contributed by atoms with Crippen LogP contribution in [0.15, 0.2) is 66.7 Å². The number of carbonyl (C=O) groups excluding carboxylic acids is 1. The minimum atomic E-state index is -0.319. The lowest BCUT2D eigenvalue weighted by atomic mass is 10.0. The summed E-state index contributed by atoms with van der Waals surface area (Å²) in [5.74, 6) is 0.262. The van der Waals surface area contributed by atoms with Gasteiger partial charge in [0.15, 0.2) is 0 Å². The second kappa shape index (κ2) is 6.44. The van der Waals surface area contributed by atoms with Crippen molar-refractivity contribution in [2.45, 2.75) is 19.8 Å². The number of aryl methyl sites for hydroxylation is 1. The number of esters is 1. The van der Waals surface area contributed by atoms with E-state index in [1.165, 1.54) is 5.56 Å². The van der Waals surface area contributed by atoms with Gasteiger partial charge >= 0.3 is 5.97 Å². The molecule has 3 rings (SSSR count). The zero-order valence-electron chi connectivity index (χ0n) is 12.6. The molecule has 0 fully saturated rings. The summed E-state index contributed by atoms with van der Waals surface area (Å²) < 4.78 is 5.50. The predicted molar refractivity (Wildman–Crippen MR) is 89.3 cm³/mol. The van der Waals surface area contributed by atoms with Crippen molar-refractivity contribution in [2.24, 2.45) is 0 Å². The largest absolute Gasteiger partial charge is 0.423 e. The Hall–Kier alpha value is -2.61. The van der Waals surface area contributed by atoms with Gasteiger partial charge in [-0.2, -0.15) is 0 Å². The molecule has 3 aromatic rings. The van der Waals surface area contributed by atoms with E-state index in [4.69, 9.17) is 4.74 Å². The highest BCUT2D eigenvalue weighted by atomic mass is 16.5. The van der Waals surface area contributed by atoms with E-state index in [-0.39, 0.29) is 5.97 Å². The van der Waals surface area contributed by atoms with Crippen LogP contribution in [0.4, 0.5) is 0 Å². The van der Waals surface area contributed by atoms with Gasteiger partial charge in [0, 0.05) is 0 Å². The Labute approximate surface area is 130 Å². The molecule has 0 radical (unpaired) electrons. The first kappa shape index (κ1) is 14.3. The number of hydrogen-bond donors (Lipinski definition) is 0. The van der Waals surface area contributed by atoms with E-state index in [2.05, 4.69) is 6.92 Å². The van der Waals surface area contributed by atoms with Gasteiger partial charge in [0.1, 0.15) is 5.75 Å². The lowest BCUT2D eigenvalue weighted by Crippen LogP contribution is -2.09. The molecule has 3 aromatic carbocycles. The smallest absolute Gasteiger partial charge is 0.344 e. The van der Waals surface area contributed by atoms with Gasteiger partial charge in [-0.1, -0.05) is 61.9 Å². The predicted octanol–water partition coefficient (Wildman–Crippen LogP) is 5.01. The molecule has 0 aliphatic heterocycles. The second-order valence-corrected chi connectivity index (χ2v) is 5.31. The minimum absolute atomic E-state index is 0.319. The van der Waals surface area contributed by atoms with Gasteiger partial charge in [0.2, 0.25) is 0 Å². The fourth-order valence-corrected chi connectivity index (χ4v) is 2.58. The number of carbonyl (C=O) groups is 1. The standard InChI is InChI=1S/C20H18O2/c1-2-6-15-11-13-17(14-12-15)22-20(21)19-10-5-8-16-7-3-4-9-18(16)19/h3-5,7-14H,2,6H2,1H3. The number of ether oxygens (including phenoxy) is 1. The van der Waals surface area contributed by atoms with Crippen LogP contribution in [0.25, 0.3) is 10.8 Å². The maximum atomic E-state index is 12.4. The number of hydrogen-bond acceptors (Lipinski definition) is 2. The SMILES string of the molecule is CCCc1ccc(OC(=O)c2cccc3ccccc23)cc1. The number of benzene rings is 3. The molecule has 0 saturated carbocycles. The third-order valence-electron chi connectivity index (χ3n) is 3.68. The molecular formula is C20H18O2. The van der Waals surface area contributed by atoms with Crippen LogP contribution in [0.1, 0.15) is 29.3 Å². The maximum absolute atomic E-state index is 12.4. The van der Waals surface area contributed by atoms with E-state index < -0.39 is 0 Å². The third kappa shape index (κ3) is 3.01. The average Bonchev–Trinajstić information content (AvgIpc) is 2.56. The second-order valence-electron chi connectivity index (χ2n) is 5.31. The van der Waals surface area contributed by atoms with Crippen LogP contribution in [-0.4, -0.2) is 5.97 Å². The van der Waals surface area contributed by atoms with E-state index in [1.54, 1.807) is 6.07 Å². The van der Waals surface area contributed by atoms with Crippen LogP contribution in [0.2, 0.25) is 0 Å². The Kier molecular flexibility index (Phi) is 4.19. The molecule has 0 unspecified atom stereocenters. The summed E-state index contributed by atoms with van der Waals surface area (Å²) in [6.45, 7) is 2.15. The van der Waals surface area contributed by atoms with Crippen LogP contribution < -0.4 is 4.74 Å². The molecule has 0 bridgehead atoms. The quantitative estimate of drug-likeness (QED) is 0.498. The maximum Gasteiger partial charge on any atom is 0.344 e. The van der Waals surface area contributed by atoms with Crippen LogP contribution in [0, 0.1) is 0 Å². The van der Waals surface area contributed by atoms with E-state index in [0.717, 1.165) is 23.6 Å². The summed E-state index contributed by atoms with van der Waals surface area (Å²) in [6, 6.07) is 21.2. The lowest BCUT2D eigenvalue weighted by molar-refractivity contribution is 0.0737. The molecule has 22 heavy (non-hydrogen) atoms. The summed E-state index contributed by atoms with van der Waals surface area (Å²) >= 11 is 0. The Bertz CT molecular complexity index is 783. The first-order valence-corrected chi connectivity index (χ1v) is 7.57. The van der Waals surface area contributed by atoms with Crippen molar-refractivity contribution in [3.05, 3.63) is 77.9 Å². The molecule has 0 saturated heterocycles. The van der Waals surface area contributed by atoms with E-state index in [0.29, 0.717) is 11.3 Å². The van der Waals surface area contributed by atoms with E-state index >= 15 is 0 Å². The Morgan fingerprint density at radius 1 is 0.909 bits per heavy atom. The van der Waals surface area contributed by atoms with Crippen molar-refractivity contribution < 1.29 is 9.53 Å². The number of fused-ring (bicyclic) bond motifs is 1. The first-order valence-electron chi connectivity index (χ1n) is 7.57. The molecule has 2 heteroatoms. The van der Waals surface area contributed by atoms with Crippen molar-refractivity contribution in [3.63, 3.8) is 0 Å². The fourth-order valence-electron chi connectivity index (χ4n) is 2.58. The molecule has 2 nitrogen and oxygen atoms in total. The molecule has 0 atom stereocenters. The summed E-state index contributed by atoms with van der Waals surface area (Å²) in [5, 5.41) is 1.95. The monoisotopic (exact) mass is 290 g/mol. The van der Waals surface area contributed by atoms with Gasteiger partial charge in [0.05, 0.1) is 5.56 Å². The molecule has 110 valence electrons. The van der Waals surface area contributed by atoms with Crippen molar-refractivity contribution >= 4 is 16.7 Å². The fraction of sp³-hybridized carbons (Fsp3) is 0.150. The summed E-state index contributed by atoms with van der Waals surface area (Å²) in [7, 11) is 0. The molecule has 0 N–H and O–H groups in total. The first-order chi connectivity index (χ1) is 10.8. The topological polar surface area (TPSA) is 26.3 Å². The lowest BCUT2D eigenvalue weighted by Gasteiger charge is -2.08. The third-order valence-corrected chi connectivity index (χ3v) is 3.68. The molecule has 0 aliphatic rings. The van der Waals surface area contributed by atoms with Crippen LogP contribution in [0.5, 0.6) is 5.75 Å². The molecular weight excluding hydrogens is 272 g/mol. The molecule has 0 aliphatic carbocycles. The zero-order valence-corrected chi connectivity index (χ0v) is 12.6. The minimum Gasteiger partial charge on any atom is -0.423 e. The normalized spacial score (nSPS) is 10.6. The van der Waals surface area contributed by atoms with Gasteiger partial charge < -0.3 is 4.74 Å². The van der Waals surface area contributed by atoms with Gasteiger partial charge in [-0.25, -0.2) is 4.79 Å². The van der Waals surface area contributed by atoms with E-state index in [1.807, 2.05) is 60.7 Å².